The second kappa shape index (κ2) is 7.70. The molecular formula is C19H28N4O2. The number of hydrogen-bond acceptors (Lipinski definition) is 6. The van der Waals surface area contributed by atoms with E-state index in [-0.39, 0.29) is 17.8 Å². The Labute approximate surface area is 149 Å². The Morgan fingerprint density at radius 3 is 2.68 bits per heavy atom. The van der Waals surface area contributed by atoms with Gasteiger partial charge in [-0.05, 0) is 59.2 Å². The topological polar surface area (TPSA) is 74.8 Å². The maximum absolute atomic E-state index is 12.1. The van der Waals surface area contributed by atoms with Crippen LogP contribution in [-0.4, -0.2) is 30.2 Å². The molecular weight excluding hydrogens is 316 g/mol. The summed E-state index contributed by atoms with van der Waals surface area (Å²) in [7, 11) is 0. The fourth-order valence-corrected chi connectivity index (χ4v) is 2.48. The molecule has 3 N–H and O–H groups in total. The molecule has 0 saturated carbocycles. The van der Waals surface area contributed by atoms with E-state index in [0.29, 0.717) is 12.2 Å². The Balaban J connectivity index is 2.24. The number of carbonyl (C=O) groups excluding carboxylic acids is 1. The molecule has 136 valence electrons. The first-order valence-electron chi connectivity index (χ1n) is 8.53. The number of anilines is 1. The van der Waals surface area contributed by atoms with Crippen LogP contribution in [0.15, 0.2) is 35.0 Å². The second-order valence-electron chi connectivity index (χ2n) is 7.09. The molecule has 1 unspecified atom stereocenters. The van der Waals surface area contributed by atoms with Crippen molar-refractivity contribution in [1.29, 1.82) is 0 Å². The molecule has 0 aromatic heterocycles. The van der Waals surface area contributed by atoms with Crippen LogP contribution in [-0.2, 0) is 4.74 Å². The minimum absolute atomic E-state index is 0.0644. The number of hydrogen-bond donors (Lipinski definition) is 3. The number of amidine groups is 1. The van der Waals surface area contributed by atoms with Gasteiger partial charge in [0.05, 0.1) is 12.2 Å². The summed E-state index contributed by atoms with van der Waals surface area (Å²) < 4.78 is 5.12. The molecule has 0 saturated heterocycles. The normalized spacial score (nSPS) is 17.3. The van der Waals surface area contributed by atoms with Gasteiger partial charge in [0, 0.05) is 23.0 Å². The number of carbonyl (C=O) groups is 1. The molecule has 1 atom stereocenters. The zero-order valence-corrected chi connectivity index (χ0v) is 15.9. The lowest BCUT2D eigenvalue weighted by atomic mass is 10.1. The Bertz CT molecular complexity index is 702. The SMILES string of the molecule is CCOC(=O)c1cccc(NC2=NC(NC(C)(C)C)NC=C2C)c1C. The third kappa shape index (κ3) is 5.06. The van der Waals surface area contributed by atoms with Gasteiger partial charge in [-0.25, -0.2) is 9.79 Å². The molecule has 25 heavy (non-hydrogen) atoms. The predicted octanol–water partition coefficient (Wildman–Crippen LogP) is 3.16. The molecule has 0 amide bonds. The minimum Gasteiger partial charge on any atom is -0.462 e. The summed E-state index contributed by atoms with van der Waals surface area (Å²) >= 11 is 0. The van der Waals surface area contributed by atoms with Crippen LogP contribution in [0.25, 0.3) is 0 Å². The summed E-state index contributed by atoms with van der Waals surface area (Å²) in [5, 5.41) is 9.97. The Kier molecular flexibility index (Phi) is 5.85. The van der Waals surface area contributed by atoms with E-state index in [4.69, 9.17) is 9.73 Å². The molecule has 0 radical (unpaired) electrons. The number of esters is 1. The highest BCUT2D eigenvalue weighted by Gasteiger charge is 2.20. The predicted molar refractivity (Wildman–Crippen MR) is 102 cm³/mol. The number of nitrogens with one attached hydrogen (secondary N) is 3. The molecule has 1 heterocycles. The highest BCUT2D eigenvalue weighted by Crippen LogP contribution is 2.21. The van der Waals surface area contributed by atoms with E-state index in [9.17, 15) is 4.79 Å². The zero-order chi connectivity index (χ0) is 18.6. The van der Waals surface area contributed by atoms with Gasteiger partial charge in [0.15, 0.2) is 6.29 Å². The van der Waals surface area contributed by atoms with Crippen LogP contribution >= 0.6 is 0 Å². The summed E-state index contributed by atoms with van der Waals surface area (Å²) in [5.41, 5.74) is 3.18. The lowest BCUT2D eigenvalue weighted by Gasteiger charge is -2.29. The highest BCUT2D eigenvalue weighted by molar-refractivity contribution is 6.09. The number of benzene rings is 1. The van der Waals surface area contributed by atoms with Gasteiger partial charge in [-0.2, -0.15) is 0 Å². The number of aliphatic imine (C=N–C) groups is 1. The van der Waals surface area contributed by atoms with Gasteiger partial charge in [-0.1, -0.05) is 6.07 Å². The van der Waals surface area contributed by atoms with Gasteiger partial charge in [-0.3, -0.25) is 5.32 Å². The van der Waals surface area contributed by atoms with Crippen LogP contribution in [0.5, 0.6) is 0 Å². The van der Waals surface area contributed by atoms with Crippen LogP contribution < -0.4 is 16.0 Å². The Morgan fingerprint density at radius 1 is 1.32 bits per heavy atom. The number of ether oxygens (including phenoxy) is 1. The van der Waals surface area contributed by atoms with Crippen LogP contribution in [0, 0.1) is 6.92 Å². The molecule has 1 aromatic carbocycles. The van der Waals surface area contributed by atoms with Gasteiger partial charge in [0.25, 0.3) is 0 Å². The van der Waals surface area contributed by atoms with Gasteiger partial charge < -0.3 is 15.4 Å². The van der Waals surface area contributed by atoms with Gasteiger partial charge >= 0.3 is 5.97 Å². The van der Waals surface area contributed by atoms with Crippen molar-refractivity contribution >= 4 is 17.5 Å². The number of rotatable bonds is 4. The van der Waals surface area contributed by atoms with E-state index in [1.807, 2.05) is 32.2 Å². The molecule has 0 spiro atoms. The molecule has 6 nitrogen and oxygen atoms in total. The third-order valence-corrected chi connectivity index (χ3v) is 3.74. The van der Waals surface area contributed by atoms with Crippen LogP contribution in [0.4, 0.5) is 5.69 Å². The maximum atomic E-state index is 12.1. The Hall–Kier alpha value is -2.34. The van der Waals surface area contributed by atoms with Crippen molar-refractivity contribution in [2.75, 3.05) is 11.9 Å². The first-order valence-corrected chi connectivity index (χ1v) is 8.53. The summed E-state index contributed by atoms with van der Waals surface area (Å²) in [5.74, 6) is 0.458. The summed E-state index contributed by atoms with van der Waals surface area (Å²) in [4.78, 5) is 16.8. The van der Waals surface area contributed by atoms with Crippen LogP contribution in [0.3, 0.4) is 0 Å². The molecule has 6 heteroatoms. The maximum Gasteiger partial charge on any atom is 0.338 e. The largest absolute Gasteiger partial charge is 0.462 e. The fraction of sp³-hybridized carbons (Fsp3) is 0.474. The quantitative estimate of drug-likeness (QED) is 0.732. The van der Waals surface area contributed by atoms with E-state index < -0.39 is 0 Å². The van der Waals surface area contributed by atoms with Gasteiger partial charge in [0.2, 0.25) is 0 Å². The van der Waals surface area contributed by atoms with E-state index in [1.165, 1.54) is 0 Å². The lowest BCUT2D eigenvalue weighted by molar-refractivity contribution is 0.0525. The summed E-state index contributed by atoms with van der Waals surface area (Å²) in [6, 6.07) is 5.55. The Morgan fingerprint density at radius 2 is 2.04 bits per heavy atom. The first-order chi connectivity index (χ1) is 11.7. The zero-order valence-electron chi connectivity index (χ0n) is 15.9. The summed E-state index contributed by atoms with van der Waals surface area (Å²) in [6.45, 7) is 12.3. The van der Waals surface area contributed by atoms with Crippen molar-refractivity contribution < 1.29 is 9.53 Å². The molecule has 1 aliphatic rings. The monoisotopic (exact) mass is 344 g/mol. The molecule has 1 aromatic rings. The van der Waals surface area contributed by atoms with Crippen LogP contribution in [0.2, 0.25) is 0 Å². The van der Waals surface area contributed by atoms with Gasteiger partial charge in [0.1, 0.15) is 5.84 Å². The van der Waals surface area contributed by atoms with Crippen molar-refractivity contribution in [3.63, 3.8) is 0 Å². The molecule has 0 bridgehead atoms. The van der Waals surface area contributed by atoms with Gasteiger partial charge in [-0.15, -0.1) is 0 Å². The van der Waals surface area contributed by atoms with Crippen molar-refractivity contribution in [2.24, 2.45) is 4.99 Å². The third-order valence-electron chi connectivity index (χ3n) is 3.74. The average molecular weight is 344 g/mol. The lowest BCUT2D eigenvalue weighted by Crippen LogP contribution is -2.50. The molecule has 0 aliphatic carbocycles. The minimum atomic E-state index is -0.310. The molecule has 2 rings (SSSR count). The molecule has 1 aliphatic heterocycles. The molecule has 0 fully saturated rings. The van der Waals surface area contributed by atoms with Crippen molar-refractivity contribution in [1.82, 2.24) is 10.6 Å². The van der Waals surface area contributed by atoms with Crippen molar-refractivity contribution in [3.8, 4) is 0 Å². The highest BCUT2D eigenvalue weighted by atomic mass is 16.5. The fourth-order valence-electron chi connectivity index (χ4n) is 2.48. The van der Waals surface area contributed by atoms with E-state index >= 15 is 0 Å². The van der Waals surface area contributed by atoms with Crippen molar-refractivity contribution in [3.05, 3.63) is 41.1 Å². The van der Waals surface area contributed by atoms with Crippen LogP contribution in [0.1, 0.15) is 50.5 Å². The van der Waals surface area contributed by atoms with E-state index in [2.05, 4.69) is 36.7 Å². The number of nitrogens with zero attached hydrogens (tertiary/aromatic N) is 1. The van der Waals surface area contributed by atoms with E-state index in [0.717, 1.165) is 22.7 Å². The standard InChI is InChI=1S/C19H28N4O2/c1-7-25-17(24)14-9-8-10-15(13(14)3)21-16-12(2)11-20-18(22-16)23-19(4,5)6/h8-11,18,20,23H,7H2,1-6H3,(H,21,22). The average Bonchev–Trinajstić information content (AvgIpc) is 2.51. The first kappa shape index (κ1) is 19.0. The van der Waals surface area contributed by atoms with Crippen molar-refractivity contribution in [2.45, 2.75) is 53.4 Å². The van der Waals surface area contributed by atoms with E-state index in [1.54, 1.807) is 13.0 Å². The smallest absolute Gasteiger partial charge is 0.338 e. The summed E-state index contributed by atoms with van der Waals surface area (Å²) in [6.07, 6.45) is 1.73. The second-order valence-corrected chi connectivity index (χ2v) is 7.09.